The van der Waals surface area contributed by atoms with Gasteiger partial charge in [0.2, 0.25) is 0 Å². The Morgan fingerprint density at radius 1 is 1.50 bits per heavy atom. The molecule has 1 aromatic heterocycles. The number of aromatic nitrogens is 2. The van der Waals surface area contributed by atoms with Crippen LogP contribution in [-0.4, -0.2) is 28.7 Å². The van der Waals surface area contributed by atoms with Crippen LogP contribution in [0.1, 0.15) is 12.5 Å². The highest BCUT2D eigenvalue weighted by Crippen LogP contribution is 2.23. The molecule has 6 heteroatoms. The Balaban J connectivity index is 2.26. The Bertz CT molecular complexity index is 570. The molecule has 0 unspecified atom stereocenters. The molecule has 0 saturated carbocycles. The van der Waals surface area contributed by atoms with Crippen LogP contribution in [0.5, 0.6) is 0 Å². The highest BCUT2D eigenvalue weighted by atomic mass is 32.2. The molecule has 0 fully saturated rings. The standard InChI is InChI=1S/C14H17N3O2S/c1-3-19-14(18)16-13-6-5-12(9-11(13)10-20-2)17-8-4-7-15-17/h4-9H,3,10H2,1-2H3,(H,16,18). The minimum Gasteiger partial charge on any atom is -0.450 e. The first kappa shape index (κ1) is 14.5. The first-order valence-electron chi connectivity index (χ1n) is 6.30. The van der Waals surface area contributed by atoms with E-state index in [1.54, 1.807) is 29.6 Å². The summed E-state index contributed by atoms with van der Waals surface area (Å²) in [4.78, 5) is 11.5. The monoisotopic (exact) mass is 291 g/mol. The Hall–Kier alpha value is -1.95. The van der Waals surface area contributed by atoms with Gasteiger partial charge < -0.3 is 4.74 Å². The lowest BCUT2D eigenvalue weighted by molar-refractivity contribution is 0.168. The van der Waals surface area contributed by atoms with Gasteiger partial charge in [-0.05, 0) is 43.0 Å². The number of hydrogen-bond donors (Lipinski definition) is 1. The van der Waals surface area contributed by atoms with Crippen LogP contribution in [0.3, 0.4) is 0 Å². The SMILES string of the molecule is CCOC(=O)Nc1ccc(-n2cccn2)cc1CSC. The second-order valence-corrected chi connectivity index (χ2v) is 4.94. The lowest BCUT2D eigenvalue weighted by atomic mass is 10.2. The van der Waals surface area contributed by atoms with Gasteiger partial charge in [0, 0.05) is 23.8 Å². The van der Waals surface area contributed by atoms with Gasteiger partial charge in [-0.25, -0.2) is 9.48 Å². The number of thioether (sulfide) groups is 1. The zero-order chi connectivity index (χ0) is 14.4. The molecule has 0 atom stereocenters. The summed E-state index contributed by atoms with van der Waals surface area (Å²) in [6.45, 7) is 2.14. The van der Waals surface area contributed by atoms with Crippen molar-refractivity contribution in [2.45, 2.75) is 12.7 Å². The van der Waals surface area contributed by atoms with Crippen molar-refractivity contribution in [3.63, 3.8) is 0 Å². The zero-order valence-corrected chi connectivity index (χ0v) is 12.3. The summed E-state index contributed by atoms with van der Waals surface area (Å²) < 4.78 is 6.70. The molecule has 0 aliphatic heterocycles. The van der Waals surface area contributed by atoms with Crippen LogP contribution in [0, 0.1) is 0 Å². The third kappa shape index (κ3) is 3.54. The Labute approximate surface area is 122 Å². The first-order chi connectivity index (χ1) is 9.74. The zero-order valence-electron chi connectivity index (χ0n) is 11.5. The molecule has 0 aliphatic carbocycles. The molecular weight excluding hydrogens is 274 g/mol. The Morgan fingerprint density at radius 3 is 3.00 bits per heavy atom. The van der Waals surface area contributed by atoms with Gasteiger partial charge >= 0.3 is 6.09 Å². The van der Waals surface area contributed by atoms with E-state index in [0.717, 1.165) is 22.7 Å². The minimum atomic E-state index is -0.429. The maximum atomic E-state index is 11.5. The van der Waals surface area contributed by atoms with Crippen LogP contribution >= 0.6 is 11.8 Å². The molecule has 106 valence electrons. The van der Waals surface area contributed by atoms with Crippen molar-refractivity contribution in [3.05, 3.63) is 42.2 Å². The van der Waals surface area contributed by atoms with E-state index in [-0.39, 0.29) is 0 Å². The van der Waals surface area contributed by atoms with Gasteiger partial charge in [-0.2, -0.15) is 16.9 Å². The average molecular weight is 291 g/mol. The summed E-state index contributed by atoms with van der Waals surface area (Å²) in [6, 6.07) is 7.68. The molecule has 1 aromatic carbocycles. The topological polar surface area (TPSA) is 56.1 Å². The van der Waals surface area contributed by atoms with E-state index < -0.39 is 6.09 Å². The lowest BCUT2D eigenvalue weighted by Crippen LogP contribution is -2.14. The van der Waals surface area contributed by atoms with Crippen molar-refractivity contribution >= 4 is 23.5 Å². The van der Waals surface area contributed by atoms with Gasteiger partial charge in [-0.1, -0.05) is 0 Å². The van der Waals surface area contributed by atoms with Gasteiger partial charge in [0.05, 0.1) is 12.3 Å². The number of carbonyl (C=O) groups excluding carboxylic acids is 1. The number of hydrogen-bond acceptors (Lipinski definition) is 4. The number of nitrogens with zero attached hydrogens (tertiary/aromatic N) is 2. The number of ether oxygens (including phenoxy) is 1. The maximum Gasteiger partial charge on any atom is 0.411 e. The second-order valence-electron chi connectivity index (χ2n) is 4.07. The molecule has 2 aromatic rings. The summed E-state index contributed by atoms with van der Waals surface area (Å²) in [7, 11) is 0. The Morgan fingerprint density at radius 2 is 2.35 bits per heavy atom. The van der Waals surface area contributed by atoms with E-state index in [2.05, 4.69) is 10.4 Å². The molecule has 5 nitrogen and oxygen atoms in total. The van der Waals surface area contributed by atoms with Gasteiger partial charge in [-0.15, -0.1) is 0 Å². The number of nitrogens with one attached hydrogen (secondary N) is 1. The normalized spacial score (nSPS) is 10.3. The maximum absolute atomic E-state index is 11.5. The van der Waals surface area contributed by atoms with E-state index in [4.69, 9.17) is 4.74 Å². The molecular formula is C14H17N3O2S. The molecule has 1 amide bonds. The number of rotatable bonds is 5. The molecule has 0 radical (unpaired) electrons. The summed E-state index contributed by atoms with van der Waals surface area (Å²) in [5.41, 5.74) is 2.78. The molecule has 2 rings (SSSR count). The van der Waals surface area contributed by atoms with Crippen molar-refractivity contribution in [1.82, 2.24) is 9.78 Å². The fourth-order valence-electron chi connectivity index (χ4n) is 1.82. The molecule has 20 heavy (non-hydrogen) atoms. The molecule has 0 saturated heterocycles. The highest BCUT2D eigenvalue weighted by Gasteiger charge is 2.09. The van der Waals surface area contributed by atoms with E-state index >= 15 is 0 Å². The van der Waals surface area contributed by atoms with Gasteiger partial charge in [-0.3, -0.25) is 5.32 Å². The molecule has 1 heterocycles. The van der Waals surface area contributed by atoms with Crippen LogP contribution in [-0.2, 0) is 10.5 Å². The summed E-state index contributed by atoms with van der Waals surface area (Å²) in [5.74, 6) is 0.802. The predicted octanol–water partition coefficient (Wildman–Crippen LogP) is 3.30. The van der Waals surface area contributed by atoms with Crippen molar-refractivity contribution in [2.24, 2.45) is 0 Å². The second kappa shape index (κ2) is 7.00. The van der Waals surface area contributed by atoms with Crippen LogP contribution in [0.25, 0.3) is 5.69 Å². The van der Waals surface area contributed by atoms with Crippen molar-refractivity contribution in [1.29, 1.82) is 0 Å². The number of amides is 1. The number of benzene rings is 1. The van der Waals surface area contributed by atoms with E-state index in [1.165, 1.54) is 0 Å². The van der Waals surface area contributed by atoms with Gasteiger partial charge in [0.25, 0.3) is 0 Å². The third-order valence-corrected chi connectivity index (χ3v) is 3.27. The lowest BCUT2D eigenvalue weighted by Gasteiger charge is -2.12. The van der Waals surface area contributed by atoms with Gasteiger partial charge in [0.1, 0.15) is 0 Å². The molecule has 0 aliphatic rings. The third-order valence-electron chi connectivity index (χ3n) is 2.67. The van der Waals surface area contributed by atoms with Crippen molar-refractivity contribution < 1.29 is 9.53 Å². The highest BCUT2D eigenvalue weighted by molar-refractivity contribution is 7.97. The predicted molar refractivity (Wildman–Crippen MR) is 81.4 cm³/mol. The average Bonchev–Trinajstić information content (AvgIpc) is 2.95. The first-order valence-corrected chi connectivity index (χ1v) is 7.69. The van der Waals surface area contributed by atoms with Crippen molar-refractivity contribution in [3.8, 4) is 5.69 Å². The number of carbonyl (C=O) groups is 1. The van der Waals surface area contributed by atoms with Crippen LogP contribution in [0.4, 0.5) is 10.5 Å². The minimum absolute atomic E-state index is 0.356. The van der Waals surface area contributed by atoms with E-state index in [1.807, 2.05) is 36.7 Å². The van der Waals surface area contributed by atoms with Crippen molar-refractivity contribution in [2.75, 3.05) is 18.2 Å². The fourth-order valence-corrected chi connectivity index (χ4v) is 2.37. The Kier molecular flexibility index (Phi) is 5.06. The smallest absolute Gasteiger partial charge is 0.411 e. The van der Waals surface area contributed by atoms with E-state index in [9.17, 15) is 4.79 Å². The number of anilines is 1. The fraction of sp³-hybridized carbons (Fsp3) is 0.286. The molecule has 0 bridgehead atoms. The quantitative estimate of drug-likeness (QED) is 0.918. The summed E-state index contributed by atoms with van der Waals surface area (Å²) in [5, 5.41) is 6.97. The van der Waals surface area contributed by atoms with E-state index in [0.29, 0.717) is 6.61 Å². The molecule has 1 N–H and O–H groups in total. The largest absolute Gasteiger partial charge is 0.450 e. The summed E-state index contributed by atoms with van der Waals surface area (Å²) >= 11 is 1.69. The van der Waals surface area contributed by atoms with Crippen LogP contribution < -0.4 is 5.32 Å². The summed E-state index contributed by atoms with van der Waals surface area (Å²) in [6.07, 6.45) is 5.21. The molecule has 0 spiro atoms. The van der Waals surface area contributed by atoms with Gasteiger partial charge in [0.15, 0.2) is 0 Å². The van der Waals surface area contributed by atoms with Crippen LogP contribution in [0.2, 0.25) is 0 Å². The van der Waals surface area contributed by atoms with Crippen LogP contribution in [0.15, 0.2) is 36.7 Å².